The summed E-state index contributed by atoms with van der Waals surface area (Å²) in [6.45, 7) is 0.969. The van der Waals surface area contributed by atoms with Crippen LogP contribution in [-0.4, -0.2) is 28.9 Å². The largest absolute Gasteiger partial charge is 0.452 e. The first-order valence-corrected chi connectivity index (χ1v) is 7.48. The number of ether oxygens (including phenoxy) is 1. The van der Waals surface area contributed by atoms with Gasteiger partial charge in [0.1, 0.15) is 11.1 Å². The average molecular weight is 352 g/mol. The lowest BCUT2D eigenvalue weighted by Crippen LogP contribution is -2.48. The normalized spacial score (nSPS) is 15.7. The van der Waals surface area contributed by atoms with Gasteiger partial charge in [-0.25, -0.2) is 4.79 Å². The van der Waals surface area contributed by atoms with Crippen molar-refractivity contribution in [1.29, 1.82) is 5.26 Å². The number of hydrogen-bond donors (Lipinski definition) is 1. The third-order valence-corrected chi connectivity index (χ3v) is 3.97. The number of nitriles is 1. The third kappa shape index (κ3) is 4.00. The van der Waals surface area contributed by atoms with Gasteiger partial charge < -0.3 is 10.1 Å². The number of nitrogens with zero attached hydrogens (tertiary/aromatic N) is 2. The van der Waals surface area contributed by atoms with Crippen LogP contribution in [0.3, 0.4) is 0 Å². The van der Waals surface area contributed by atoms with Crippen LogP contribution < -0.4 is 5.32 Å². The number of benzene rings is 1. The van der Waals surface area contributed by atoms with E-state index in [0.717, 1.165) is 25.0 Å². The van der Waals surface area contributed by atoms with E-state index >= 15 is 0 Å². The Morgan fingerprint density at radius 3 is 2.75 bits per heavy atom. The van der Waals surface area contributed by atoms with E-state index < -0.39 is 34.6 Å². The molecule has 1 N–H and O–H groups in total. The van der Waals surface area contributed by atoms with Crippen LogP contribution >= 0.6 is 11.6 Å². The van der Waals surface area contributed by atoms with Crippen molar-refractivity contribution in [2.45, 2.75) is 25.3 Å². The molecule has 8 nitrogen and oxygen atoms in total. The fourth-order valence-corrected chi connectivity index (χ4v) is 2.41. The molecule has 1 aliphatic carbocycles. The van der Waals surface area contributed by atoms with E-state index in [4.69, 9.17) is 21.6 Å². The average Bonchev–Trinajstić information content (AvgIpc) is 3.37. The lowest BCUT2D eigenvalue weighted by Gasteiger charge is -2.22. The highest BCUT2D eigenvalue weighted by Gasteiger charge is 2.43. The molecule has 1 saturated carbocycles. The second-order valence-corrected chi connectivity index (χ2v) is 6.07. The summed E-state index contributed by atoms with van der Waals surface area (Å²) < 4.78 is 4.80. The summed E-state index contributed by atoms with van der Waals surface area (Å²) in [6.07, 6.45) is 1.70. The number of carbonyl (C=O) groups excluding carboxylic acids is 2. The first-order chi connectivity index (χ1) is 11.3. The molecule has 24 heavy (non-hydrogen) atoms. The van der Waals surface area contributed by atoms with Gasteiger partial charge in [0.05, 0.1) is 11.0 Å². The van der Waals surface area contributed by atoms with E-state index in [1.165, 1.54) is 6.07 Å². The molecule has 1 aromatic rings. The topological polar surface area (TPSA) is 122 Å². The quantitative estimate of drug-likeness (QED) is 0.476. The number of nitrogens with one attached hydrogen (secondary N) is 1. The molecule has 1 aromatic carbocycles. The smallest absolute Gasteiger partial charge is 0.345 e. The van der Waals surface area contributed by atoms with Crippen molar-refractivity contribution < 1.29 is 19.2 Å². The Labute approximate surface area is 142 Å². The summed E-state index contributed by atoms with van der Waals surface area (Å²) in [5, 5.41) is 22.7. The van der Waals surface area contributed by atoms with E-state index in [1.807, 2.05) is 6.07 Å². The zero-order chi connectivity index (χ0) is 17.9. The van der Waals surface area contributed by atoms with Crippen molar-refractivity contribution in [3.05, 3.63) is 38.9 Å². The van der Waals surface area contributed by atoms with E-state index in [9.17, 15) is 19.7 Å². The minimum absolute atomic E-state index is 0.0829. The van der Waals surface area contributed by atoms with Crippen molar-refractivity contribution in [3.63, 3.8) is 0 Å². The number of rotatable bonds is 6. The summed E-state index contributed by atoms with van der Waals surface area (Å²) in [5.41, 5.74) is -1.81. The molecule has 1 fully saturated rings. The Balaban J connectivity index is 2.00. The highest BCUT2D eigenvalue weighted by Crippen LogP contribution is 2.39. The Hall–Kier alpha value is -2.66. The van der Waals surface area contributed by atoms with Crippen LogP contribution in [0.25, 0.3) is 0 Å². The first kappa shape index (κ1) is 17.7. The molecule has 0 spiro atoms. The van der Waals surface area contributed by atoms with E-state index in [-0.39, 0.29) is 16.5 Å². The van der Waals surface area contributed by atoms with Gasteiger partial charge in [-0.05, 0) is 37.8 Å². The molecule has 126 valence electrons. The molecule has 0 heterocycles. The van der Waals surface area contributed by atoms with E-state index in [1.54, 1.807) is 6.92 Å². The van der Waals surface area contributed by atoms with Crippen LogP contribution in [0.2, 0.25) is 5.02 Å². The SMILES string of the molecule is C[C@@](C#N)(NC(=O)COC(=O)c1ccc(Cl)cc1[N+](=O)[O-])C1CC1. The Kier molecular flexibility index (Phi) is 5.04. The molecule has 0 bridgehead atoms. The molecule has 0 aromatic heterocycles. The zero-order valence-electron chi connectivity index (χ0n) is 12.7. The number of nitro groups is 1. The summed E-state index contributed by atoms with van der Waals surface area (Å²) in [7, 11) is 0. The van der Waals surface area contributed by atoms with Crippen molar-refractivity contribution in [2.75, 3.05) is 6.61 Å². The second-order valence-electron chi connectivity index (χ2n) is 5.63. The lowest BCUT2D eigenvalue weighted by atomic mass is 9.98. The van der Waals surface area contributed by atoms with Crippen molar-refractivity contribution in [1.82, 2.24) is 5.32 Å². The second kappa shape index (κ2) is 6.84. The van der Waals surface area contributed by atoms with E-state index in [0.29, 0.717) is 0 Å². The number of halogens is 1. The predicted molar refractivity (Wildman–Crippen MR) is 83.3 cm³/mol. The van der Waals surface area contributed by atoms with Crippen LogP contribution in [0.1, 0.15) is 30.1 Å². The molecule has 1 amide bonds. The standard InChI is InChI=1S/C15H14ClN3O5/c1-15(8-17,9-2-3-9)18-13(20)7-24-14(21)11-5-4-10(16)6-12(11)19(22)23/h4-6,9H,2-3,7H2,1H3,(H,18,20)/t15-/m0/s1. The molecule has 0 saturated heterocycles. The lowest BCUT2D eigenvalue weighted by molar-refractivity contribution is -0.385. The Morgan fingerprint density at radius 1 is 1.54 bits per heavy atom. The van der Waals surface area contributed by atoms with Gasteiger partial charge in [-0.1, -0.05) is 11.6 Å². The van der Waals surface area contributed by atoms with Gasteiger partial charge in [-0.15, -0.1) is 0 Å². The molecule has 0 unspecified atom stereocenters. The molecule has 0 aliphatic heterocycles. The number of hydrogen-bond acceptors (Lipinski definition) is 6. The van der Waals surface area contributed by atoms with Crippen LogP contribution in [0.5, 0.6) is 0 Å². The van der Waals surface area contributed by atoms with Gasteiger partial charge in [0.15, 0.2) is 6.61 Å². The van der Waals surface area contributed by atoms with Gasteiger partial charge in [0, 0.05) is 11.1 Å². The summed E-state index contributed by atoms with van der Waals surface area (Å²) in [6, 6.07) is 5.54. The maximum Gasteiger partial charge on any atom is 0.345 e. The number of amides is 1. The Morgan fingerprint density at radius 2 is 2.21 bits per heavy atom. The molecule has 2 rings (SSSR count). The molecular formula is C15H14ClN3O5. The number of nitro benzene ring substituents is 1. The maximum absolute atomic E-state index is 12.0. The zero-order valence-corrected chi connectivity index (χ0v) is 13.5. The van der Waals surface area contributed by atoms with Gasteiger partial charge >= 0.3 is 5.97 Å². The number of carbonyl (C=O) groups is 2. The first-order valence-electron chi connectivity index (χ1n) is 7.10. The minimum Gasteiger partial charge on any atom is -0.452 e. The minimum atomic E-state index is -1.02. The summed E-state index contributed by atoms with van der Waals surface area (Å²) in [4.78, 5) is 34.0. The third-order valence-electron chi connectivity index (χ3n) is 3.74. The number of esters is 1. The fourth-order valence-electron chi connectivity index (χ4n) is 2.24. The Bertz CT molecular complexity index is 741. The molecule has 9 heteroatoms. The monoisotopic (exact) mass is 351 g/mol. The van der Waals surface area contributed by atoms with Gasteiger partial charge in [-0.3, -0.25) is 14.9 Å². The van der Waals surface area contributed by atoms with Crippen LogP contribution in [0.4, 0.5) is 5.69 Å². The van der Waals surface area contributed by atoms with Gasteiger partial charge in [0.2, 0.25) is 0 Å². The highest BCUT2D eigenvalue weighted by atomic mass is 35.5. The van der Waals surface area contributed by atoms with Gasteiger partial charge in [0.25, 0.3) is 11.6 Å². The summed E-state index contributed by atoms with van der Waals surface area (Å²) in [5.74, 6) is -1.57. The summed E-state index contributed by atoms with van der Waals surface area (Å²) >= 11 is 5.67. The van der Waals surface area contributed by atoms with Crippen LogP contribution in [-0.2, 0) is 9.53 Å². The fraction of sp³-hybridized carbons (Fsp3) is 0.400. The molecule has 0 radical (unpaired) electrons. The molecule has 1 atom stereocenters. The van der Waals surface area contributed by atoms with Gasteiger partial charge in [-0.2, -0.15) is 5.26 Å². The van der Waals surface area contributed by atoms with Crippen LogP contribution in [0, 0.1) is 27.4 Å². The predicted octanol–water partition coefficient (Wildman–Crippen LogP) is 2.21. The van der Waals surface area contributed by atoms with E-state index in [2.05, 4.69) is 5.32 Å². The van der Waals surface area contributed by atoms with Crippen LogP contribution in [0.15, 0.2) is 18.2 Å². The maximum atomic E-state index is 12.0. The molecular weight excluding hydrogens is 338 g/mol. The highest BCUT2D eigenvalue weighted by molar-refractivity contribution is 6.31. The van der Waals surface area contributed by atoms with Crippen molar-refractivity contribution in [3.8, 4) is 6.07 Å². The van der Waals surface area contributed by atoms with Crippen molar-refractivity contribution >= 4 is 29.2 Å². The molecule has 1 aliphatic rings. The van der Waals surface area contributed by atoms with Crippen molar-refractivity contribution in [2.24, 2.45) is 5.92 Å².